The molecule has 0 saturated heterocycles. The van der Waals surface area contributed by atoms with Crippen LogP contribution in [0.3, 0.4) is 0 Å². The molecule has 2 unspecified atom stereocenters. The van der Waals surface area contributed by atoms with Crippen LogP contribution < -0.4 is 0 Å². The first-order valence-corrected chi connectivity index (χ1v) is 10.2. The lowest BCUT2D eigenvalue weighted by Crippen LogP contribution is -2.29. The van der Waals surface area contributed by atoms with Crippen LogP contribution >= 0.6 is 0 Å². The summed E-state index contributed by atoms with van der Waals surface area (Å²) in [6.07, 6.45) is 7.58. The highest BCUT2D eigenvalue weighted by Gasteiger charge is 2.29. The van der Waals surface area contributed by atoms with Crippen molar-refractivity contribution in [1.29, 1.82) is 0 Å². The predicted octanol–water partition coefficient (Wildman–Crippen LogP) is 6.16. The van der Waals surface area contributed by atoms with Crippen LogP contribution in [0.15, 0.2) is 42.5 Å². The summed E-state index contributed by atoms with van der Waals surface area (Å²) in [7, 11) is 0. The maximum atomic E-state index is 13.4. The predicted molar refractivity (Wildman–Crippen MR) is 110 cm³/mol. The van der Waals surface area contributed by atoms with Crippen molar-refractivity contribution in [1.82, 2.24) is 0 Å². The maximum absolute atomic E-state index is 13.4. The van der Waals surface area contributed by atoms with Crippen molar-refractivity contribution in [3.05, 3.63) is 70.3 Å². The quantitative estimate of drug-likeness (QED) is 0.646. The fraction of sp³-hybridized carbons (Fsp3) is 0.480. The molecular weight excluding hydrogens is 316 g/mol. The van der Waals surface area contributed by atoms with Crippen LogP contribution in [0.1, 0.15) is 59.9 Å². The topological polar surface area (TPSA) is 17.1 Å². The van der Waals surface area contributed by atoms with E-state index in [1.165, 1.54) is 47.1 Å². The summed E-state index contributed by atoms with van der Waals surface area (Å²) >= 11 is 0. The van der Waals surface area contributed by atoms with Gasteiger partial charge in [-0.05, 0) is 68.7 Å². The van der Waals surface area contributed by atoms with Crippen LogP contribution in [0.2, 0.25) is 0 Å². The van der Waals surface area contributed by atoms with E-state index in [1.54, 1.807) is 0 Å². The third-order valence-corrected chi connectivity index (χ3v) is 6.03. The average molecular weight is 349 g/mol. The summed E-state index contributed by atoms with van der Waals surface area (Å²) in [6.45, 7) is 6.55. The lowest BCUT2D eigenvalue weighted by molar-refractivity contribution is -0.127. The lowest BCUT2D eigenvalue weighted by atomic mass is 9.77. The Morgan fingerprint density at radius 2 is 1.38 bits per heavy atom. The summed E-state index contributed by atoms with van der Waals surface area (Å²) < 4.78 is 0. The van der Waals surface area contributed by atoms with Gasteiger partial charge in [-0.1, -0.05) is 67.3 Å². The molecule has 2 aromatic carbocycles. The fourth-order valence-corrected chi connectivity index (χ4v) is 4.66. The summed E-state index contributed by atoms with van der Waals surface area (Å²) in [5.41, 5.74) is 6.70. The van der Waals surface area contributed by atoms with Gasteiger partial charge < -0.3 is 0 Å². The fourth-order valence-electron chi connectivity index (χ4n) is 4.66. The second-order valence-electron chi connectivity index (χ2n) is 8.21. The smallest absolute Gasteiger partial charge is 0.139 e. The van der Waals surface area contributed by atoms with Crippen molar-refractivity contribution in [3.63, 3.8) is 0 Å². The lowest BCUT2D eigenvalue weighted by Gasteiger charge is -2.26. The Balaban J connectivity index is 1.80. The van der Waals surface area contributed by atoms with Gasteiger partial charge in [-0.2, -0.15) is 0 Å². The van der Waals surface area contributed by atoms with E-state index >= 15 is 0 Å². The van der Waals surface area contributed by atoms with E-state index in [-0.39, 0.29) is 11.8 Å². The Morgan fingerprint density at radius 1 is 0.808 bits per heavy atom. The molecule has 0 N–H and O–H groups in total. The first-order valence-electron chi connectivity index (χ1n) is 10.2. The molecule has 0 spiro atoms. The molecule has 0 radical (unpaired) electrons. The zero-order chi connectivity index (χ0) is 18.5. The molecule has 0 amide bonds. The number of ketones is 1. The number of Topliss-reactive ketones (excluding diaryl/α,β-unsaturated/α-hetero) is 1. The minimum Gasteiger partial charge on any atom is -0.299 e. The first-order chi connectivity index (χ1) is 12.5. The number of hydrogen-bond acceptors (Lipinski definition) is 1. The highest BCUT2D eigenvalue weighted by Crippen LogP contribution is 2.30. The van der Waals surface area contributed by atoms with Crippen LogP contribution in [0.4, 0.5) is 0 Å². The van der Waals surface area contributed by atoms with Gasteiger partial charge in [0.25, 0.3) is 0 Å². The zero-order valence-corrected chi connectivity index (χ0v) is 16.6. The maximum Gasteiger partial charge on any atom is 0.139 e. The first kappa shape index (κ1) is 18.9. The van der Waals surface area contributed by atoms with Gasteiger partial charge in [0.15, 0.2) is 0 Å². The molecule has 0 aromatic heterocycles. The molecule has 1 fully saturated rings. The van der Waals surface area contributed by atoms with Gasteiger partial charge in [-0.25, -0.2) is 0 Å². The van der Waals surface area contributed by atoms with Gasteiger partial charge in [-0.15, -0.1) is 0 Å². The van der Waals surface area contributed by atoms with Crippen LogP contribution in [0.5, 0.6) is 0 Å². The van der Waals surface area contributed by atoms with Gasteiger partial charge in [0.1, 0.15) is 5.78 Å². The summed E-state index contributed by atoms with van der Waals surface area (Å²) in [6, 6.07) is 15.1. The number of carbonyl (C=O) groups excluding carboxylic acids is 1. The van der Waals surface area contributed by atoms with E-state index in [2.05, 4.69) is 63.2 Å². The molecule has 138 valence electrons. The Labute approximate surface area is 158 Å². The molecule has 1 saturated carbocycles. The van der Waals surface area contributed by atoms with E-state index < -0.39 is 0 Å². The third kappa shape index (κ3) is 4.63. The third-order valence-electron chi connectivity index (χ3n) is 6.03. The molecule has 2 aromatic rings. The van der Waals surface area contributed by atoms with Crippen LogP contribution in [0.25, 0.3) is 0 Å². The van der Waals surface area contributed by atoms with Crippen LogP contribution in [0, 0.1) is 32.6 Å². The van der Waals surface area contributed by atoms with Crippen LogP contribution in [-0.4, -0.2) is 5.78 Å². The SMILES string of the molecule is Cc1cc(C)c(CC2CCCCCC(Cc3ccccc3)C2=O)c(C)c1. The second-order valence-corrected chi connectivity index (χ2v) is 8.21. The van der Waals surface area contributed by atoms with E-state index in [1.807, 2.05) is 0 Å². The average Bonchev–Trinajstić information content (AvgIpc) is 2.60. The minimum atomic E-state index is 0.184. The molecule has 1 aliphatic rings. The standard InChI is InChI=1S/C25H32O/c1-18-14-19(2)24(20(3)15-18)17-23-13-9-5-8-12-22(25(23)26)16-21-10-6-4-7-11-21/h4,6-7,10-11,14-15,22-23H,5,8-9,12-13,16-17H2,1-3H3. The van der Waals surface area contributed by atoms with Gasteiger partial charge in [0.2, 0.25) is 0 Å². The molecular formula is C25H32O. The molecule has 0 aliphatic heterocycles. The Hall–Kier alpha value is -1.89. The summed E-state index contributed by atoms with van der Waals surface area (Å²) in [4.78, 5) is 13.4. The summed E-state index contributed by atoms with van der Waals surface area (Å²) in [5.74, 6) is 0.880. The molecule has 26 heavy (non-hydrogen) atoms. The van der Waals surface area contributed by atoms with E-state index in [4.69, 9.17) is 0 Å². The number of hydrogen-bond donors (Lipinski definition) is 0. The van der Waals surface area contributed by atoms with Gasteiger partial charge >= 0.3 is 0 Å². The second kappa shape index (κ2) is 8.66. The van der Waals surface area contributed by atoms with Crippen molar-refractivity contribution in [3.8, 4) is 0 Å². The largest absolute Gasteiger partial charge is 0.299 e. The molecule has 1 nitrogen and oxygen atoms in total. The number of carbonyl (C=O) groups is 1. The Kier molecular flexibility index (Phi) is 6.29. The molecule has 0 bridgehead atoms. The molecule has 0 heterocycles. The normalized spacial score (nSPS) is 21.3. The van der Waals surface area contributed by atoms with Crippen molar-refractivity contribution in [2.75, 3.05) is 0 Å². The van der Waals surface area contributed by atoms with Gasteiger partial charge in [0, 0.05) is 11.8 Å². The molecule has 2 atom stereocenters. The molecule has 1 aliphatic carbocycles. The number of rotatable bonds is 4. The summed E-state index contributed by atoms with van der Waals surface area (Å²) in [5, 5.41) is 0. The molecule has 1 heteroatoms. The Bertz CT molecular complexity index is 721. The minimum absolute atomic E-state index is 0.184. The van der Waals surface area contributed by atoms with E-state index in [9.17, 15) is 4.79 Å². The van der Waals surface area contributed by atoms with Gasteiger partial charge in [0.05, 0.1) is 0 Å². The number of aryl methyl sites for hydroxylation is 3. The highest BCUT2D eigenvalue weighted by atomic mass is 16.1. The van der Waals surface area contributed by atoms with Crippen molar-refractivity contribution in [2.45, 2.75) is 65.7 Å². The number of benzene rings is 2. The highest BCUT2D eigenvalue weighted by molar-refractivity contribution is 5.84. The molecule has 3 rings (SSSR count). The van der Waals surface area contributed by atoms with Gasteiger partial charge in [-0.3, -0.25) is 4.79 Å². The van der Waals surface area contributed by atoms with Crippen molar-refractivity contribution < 1.29 is 4.79 Å². The van der Waals surface area contributed by atoms with E-state index in [0.717, 1.165) is 25.7 Å². The van der Waals surface area contributed by atoms with Crippen molar-refractivity contribution in [2.24, 2.45) is 11.8 Å². The van der Waals surface area contributed by atoms with Crippen molar-refractivity contribution >= 4 is 5.78 Å². The zero-order valence-electron chi connectivity index (χ0n) is 16.6. The van der Waals surface area contributed by atoms with Crippen LogP contribution in [-0.2, 0) is 17.6 Å². The van der Waals surface area contributed by atoms with E-state index in [0.29, 0.717) is 5.78 Å². The monoisotopic (exact) mass is 348 g/mol. The Morgan fingerprint density at radius 3 is 2.00 bits per heavy atom.